The molecular weight excluding hydrogens is 350 g/mol. The van der Waals surface area contributed by atoms with Crippen LogP contribution >= 0.6 is 11.8 Å². The summed E-state index contributed by atoms with van der Waals surface area (Å²) in [7, 11) is 0. The van der Waals surface area contributed by atoms with E-state index in [9.17, 15) is 9.59 Å². The van der Waals surface area contributed by atoms with Crippen molar-refractivity contribution in [2.75, 3.05) is 11.6 Å². The highest BCUT2D eigenvalue weighted by Crippen LogP contribution is 2.22. The van der Waals surface area contributed by atoms with Crippen LogP contribution in [0.4, 0.5) is 5.69 Å². The van der Waals surface area contributed by atoms with Gasteiger partial charge in [-0.2, -0.15) is 5.10 Å². The van der Waals surface area contributed by atoms with Crippen molar-refractivity contribution in [1.29, 1.82) is 0 Å². The van der Waals surface area contributed by atoms with Gasteiger partial charge in [0.2, 0.25) is 0 Å². The van der Waals surface area contributed by atoms with E-state index in [2.05, 4.69) is 10.4 Å². The molecular formula is C19H19N3O3S. The molecule has 1 N–H and O–H groups in total. The Morgan fingerprint density at radius 1 is 1.19 bits per heavy atom. The van der Waals surface area contributed by atoms with E-state index >= 15 is 0 Å². The van der Waals surface area contributed by atoms with Gasteiger partial charge in [-0.1, -0.05) is 6.07 Å². The van der Waals surface area contributed by atoms with E-state index in [-0.39, 0.29) is 11.5 Å². The molecule has 0 atom stereocenters. The summed E-state index contributed by atoms with van der Waals surface area (Å²) in [6.45, 7) is 3.31. The molecule has 0 saturated carbocycles. The van der Waals surface area contributed by atoms with Crippen LogP contribution in [0.25, 0.3) is 11.5 Å². The van der Waals surface area contributed by atoms with Gasteiger partial charge >= 0.3 is 0 Å². The molecule has 0 spiro atoms. The van der Waals surface area contributed by atoms with Gasteiger partial charge in [-0.15, -0.1) is 11.8 Å². The third-order valence-corrected chi connectivity index (χ3v) is 4.71. The van der Waals surface area contributed by atoms with Gasteiger partial charge in [-0.25, -0.2) is 4.68 Å². The molecule has 0 aliphatic heterocycles. The van der Waals surface area contributed by atoms with E-state index in [1.807, 2.05) is 30.5 Å². The molecule has 2 aromatic heterocycles. The first-order valence-electron chi connectivity index (χ1n) is 8.02. The van der Waals surface area contributed by atoms with Gasteiger partial charge in [-0.3, -0.25) is 9.59 Å². The molecule has 26 heavy (non-hydrogen) atoms. The zero-order valence-electron chi connectivity index (χ0n) is 14.7. The first kappa shape index (κ1) is 18.0. The number of aromatic nitrogens is 2. The normalized spacial score (nSPS) is 11.3. The molecule has 3 aromatic rings. The maximum atomic E-state index is 12.8. The van der Waals surface area contributed by atoms with Crippen LogP contribution in [-0.2, 0) is 10.3 Å². The zero-order chi connectivity index (χ0) is 18.7. The second-order valence-electron chi connectivity index (χ2n) is 6.19. The quantitative estimate of drug-likeness (QED) is 0.696. The fourth-order valence-corrected chi connectivity index (χ4v) is 2.91. The lowest BCUT2D eigenvalue weighted by Gasteiger charge is -2.25. The van der Waals surface area contributed by atoms with Crippen LogP contribution < -0.4 is 10.9 Å². The Balaban J connectivity index is 1.92. The summed E-state index contributed by atoms with van der Waals surface area (Å²) in [5.41, 5.74) is -0.391. The number of carbonyl (C=O) groups is 1. The summed E-state index contributed by atoms with van der Waals surface area (Å²) < 4.78 is 6.51. The summed E-state index contributed by atoms with van der Waals surface area (Å²) in [5, 5.41) is 7.19. The predicted octanol–water partition coefficient (Wildman–Crippen LogP) is 3.60. The van der Waals surface area contributed by atoms with E-state index in [1.54, 1.807) is 43.8 Å². The lowest BCUT2D eigenvalue weighted by atomic mass is 10.0. The molecule has 0 fully saturated rings. The first-order valence-corrected chi connectivity index (χ1v) is 9.24. The Bertz CT molecular complexity index is 978. The monoisotopic (exact) mass is 369 g/mol. The number of rotatable bonds is 5. The van der Waals surface area contributed by atoms with Crippen LogP contribution in [0.2, 0.25) is 0 Å². The Labute approximate surface area is 155 Å². The summed E-state index contributed by atoms with van der Waals surface area (Å²) in [6.07, 6.45) is 3.50. The molecule has 0 saturated heterocycles. The third kappa shape index (κ3) is 3.57. The van der Waals surface area contributed by atoms with Gasteiger partial charge in [0, 0.05) is 16.6 Å². The highest BCUT2D eigenvalue weighted by atomic mass is 32.2. The number of hydrogen-bond acceptors (Lipinski definition) is 5. The fraction of sp³-hybridized carbons (Fsp3) is 0.211. The molecule has 0 aliphatic rings. The van der Waals surface area contributed by atoms with Crippen LogP contribution in [0, 0.1) is 0 Å². The van der Waals surface area contributed by atoms with Crippen molar-refractivity contribution in [2.45, 2.75) is 24.3 Å². The molecule has 0 aliphatic carbocycles. The molecule has 1 aromatic carbocycles. The highest BCUT2D eigenvalue weighted by Gasteiger charge is 2.32. The van der Waals surface area contributed by atoms with Crippen molar-refractivity contribution in [1.82, 2.24) is 9.78 Å². The fourth-order valence-electron chi connectivity index (χ4n) is 2.45. The molecule has 3 rings (SSSR count). The second-order valence-corrected chi connectivity index (χ2v) is 7.07. The Morgan fingerprint density at radius 2 is 2.00 bits per heavy atom. The van der Waals surface area contributed by atoms with E-state index in [0.717, 1.165) is 4.90 Å². The molecule has 7 heteroatoms. The molecule has 0 unspecified atom stereocenters. The number of anilines is 1. The highest BCUT2D eigenvalue weighted by molar-refractivity contribution is 7.98. The minimum atomic E-state index is -1.19. The van der Waals surface area contributed by atoms with Crippen LogP contribution in [0.5, 0.6) is 0 Å². The molecule has 1 amide bonds. The maximum absolute atomic E-state index is 12.8. The average Bonchev–Trinajstić information content (AvgIpc) is 3.16. The maximum Gasteiger partial charge on any atom is 0.267 e. The Hall–Kier alpha value is -2.80. The van der Waals surface area contributed by atoms with Crippen molar-refractivity contribution < 1.29 is 9.21 Å². The zero-order valence-corrected chi connectivity index (χ0v) is 15.5. The van der Waals surface area contributed by atoms with E-state index in [1.165, 1.54) is 17.0 Å². The molecule has 0 bridgehead atoms. The first-order chi connectivity index (χ1) is 12.4. The van der Waals surface area contributed by atoms with Crippen molar-refractivity contribution in [3.8, 4) is 11.5 Å². The smallest absolute Gasteiger partial charge is 0.267 e. The van der Waals surface area contributed by atoms with E-state index < -0.39 is 5.54 Å². The third-order valence-electron chi connectivity index (χ3n) is 3.99. The van der Waals surface area contributed by atoms with Gasteiger partial charge in [0.25, 0.3) is 11.5 Å². The predicted molar refractivity (Wildman–Crippen MR) is 102 cm³/mol. The van der Waals surface area contributed by atoms with Gasteiger partial charge in [0.15, 0.2) is 5.76 Å². The second kappa shape index (κ2) is 7.21. The molecule has 6 nitrogen and oxygen atoms in total. The number of furan rings is 1. The SMILES string of the molecule is CSc1cccc(NC(=O)C(C)(C)n2nc(-c3ccco3)ccc2=O)c1. The van der Waals surface area contributed by atoms with Crippen molar-refractivity contribution in [2.24, 2.45) is 0 Å². The number of amides is 1. The summed E-state index contributed by atoms with van der Waals surface area (Å²) in [5.74, 6) is 0.199. The lowest BCUT2D eigenvalue weighted by molar-refractivity contribution is -0.123. The van der Waals surface area contributed by atoms with Crippen molar-refractivity contribution in [3.05, 3.63) is 65.1 Å². The van der Waals surface area contributed by atoms with Crippen LogP contribution in [0.1, 0.15) is 13.8 Å². The topological polar surface area (TPSA) is 77.1 Å². The standard InChI is InChI=1S/C19H19N3O3S/c1-19(2,18(24)20-13-6-4-7-14(12-13)26-3)22-17(23)10-9-15(21-22)16-8-5-11-25-16/h4-12H,1-3H3,(H,20,24). The number of thioether (sulfide) groups is 1. The van der Waals surface area contributed by atoms with Gasteiger partial charge in [0.1, 0.15) is 11.2 Å². The van der Waals surface area contributed by atoms with Gasteiger partial charge in [-0.05, 0) is 56.5 Å². The largest absolute Gasteiger partial charge is 0.463 e. The average molecular weight is 369 g/mol. The molecule has 0 radical (unpaired) electrons. The molecule has 2 heterocycles. The minimum Gasteiger partial charge on any atom is -0.463 e. The Kier molecular flexibility index (Phi) is 4.99. The lowest BCUT2D eigenvalue weighted by Crippen LogP contribution is -2.47. The number of benzene rings is 1. The van der Waals surface area contributed by atoms with Gasteiger partial charge in [0.05, 0.1) is 6.26 Å². The van der Waals surface area contributed by atoms with Gasteiger partial charge < -0.3 is 9.73 Å². The molecule has 134 valence electrons. The Morgan fingerprint density at radius 3 is 2.69 bits per heavy atom. The number of hydrogen-bond donors (Lipinski definition) is 1. The number of nitrogens with zero attached hydrogens (tertiary/aromatic N) is 2. The van der Waals surface area contributed by atoms with Crippen molar-refractivity contribution >= 4 is 23.4 Å². The number of carbonyl (C=O) groups excluding carboxylic acids is 1. The van der Waals surface area contributed by atoms with E-state index in [4.69, 9.17) is 4.42 Å². The van der Waals surface area contributed by atoms with Crippen LogP contribution in [0.3, 0.4) is 0 Å². The van der Waals surface area contributed by atoms with Crippen LogP contribution in [0.15, 0.2) is 68.9 Å². The summed E-state index contributed by atoms with van der Waals surface area (Å²) in [6, 6.07) is 14.0. The van der Waals surface area contributed by atoms with E-state index in [0.29, 0.717) is 17.1 Å². The minimum absolute atomic E-state index is 0.332. The number of nitrogens with one attached hydrogen (secondary N) is 1. The van der Waals surface area contributed by atoms with Crippen molar-refractivity contribution in [3.63, 3.8) is 0 Å². The summed E-state index contributed by atoms with van der Waals surface area (Å²) >= 11 is 1.59. The summed E-state index contributed by atoms with van der Waals surface area (Å²) in [4.78, 5) is 26.2. The van der Waals surface area contributed by atoms with Crippen LogP contribution in [-0.4, -0.2) is 21.9 Å².